The number of aryl methyl sites for hydroxylation is 1. The summed E-state index contributed by atoms with van der Waals surface area (Å²) in [7, 11) is 0. The van der Waals surface area contributed by atoms with Crippen molar-refractivity contribution in [3.05, 3.63) is 23.8 Å². The molecule has 2 aromatic rings. The highest BCUT2D eigenvalue weighted by atomic mass is 32.2. The molecule has 1 N–H and O–H groups in total. The standard InChI is InChI=1S/C10H10F3N5S2/c1-6-7(15-5-4-14-6)2-3-16-8-17-18-9(19-8)20-10(11,12)13/h4-5H,2-3H2,1H3,(H,16,17). The Bertz CT molecular complexity index is 572. The van der Waals surface area contributed by atoms with Crippen LogP contribution in [0.4, 0.5) is 18.3 Å². The molecule has 0 saturated heterocycles. The number of halogens is 3. The van der Waals surface area contributed by atoms with Crippen molar-refractivity contribution in [2.24, 2.45) is 0 Å². The van der Waals surface area contributed by atoms with E-state index in [1.807, 2.05) is 6.92 Å². The van der Waals surface area contributed by atoms with Crippen LogP contribution in [0.15, 0.2) is 16.7 Å². The molecule has 2 heterocycles. The van der Waals surface area contributed by atoms with Crippen LogP contribution in [0.25, 0.3) is 0 Å². The number of thioether (sulfide) groups is 1. The lowest BCUT2D eigenvalue weighted by Crippen LogP contribution is -2.07. The van der Waals surface area contributed by atoms with Crippen molar-refractivity contribution in [3.63, 3.8) is 0 Å². The Kier molecular flexibility index (Phi) is 4.76. The average Bonchev–Trinajstić information content (AvgIpc) is 2.77. The number of anilines is 1. The zero-order chi connectivity index (χ0) is 14.6. The van der Waals surface area contributed by atoms with E-state index in [0.29, 0.717) is 18.1 Å². The third-order valence-corrected chi connectivity index (χ3v) is 3.89. The second-order valence-corrected chi connectivity index (χ2v) is 5.98. The highest BCUT2D eigenvalue weighted by Crippen LogP contribution is 2.38. The predicted octanol–water partition coefficient (Wildman–Crippen LogP) is 2.90. The van der Waals surface area contributed by atoms with Crippen LogP contribution in [0.5, 0.6) is 0 Å². The molecule has 0 aliphatic carbocycles. The molecule has 0 unspecified atom stereocenters. The Morgan fingerprint density at radius 3 is 2.70 bits per heavy atom. The molecule has 5 nitrogen and oxygen atoms in total. The summed E-state index contributed by atoms with van der Waals surface area (Å²) in [5.41, 5.74) is -2.66. The largest absolute Gasteiger partial charge is 0.448 e. The third kappa shape index (κ3) is 4.60. The lowest BCUT2D eigenvalue weighted by atomic mass is 10.2. The van der Waals surface area contributed by atoms with Crippen molar-refractivity contribution < 1.29 is 13.2 Å². The van der Waals surface area contributed by atoms with Crippen LogP contribution in [-0.4, -0.2) is 32.2 Å². The molecule has 2 aromatic heterocycles. The second kappa shape index (κ2) is 6.35. The first kappa shape index (κ1) is 15.0. The molecule has 0 atom stereocenters. The molecule has 2 rings (SSSR count). The van der Waals surface area contributed by atoms with Gasteiger partial charge in [0.2, 0.25) is 5.13 Å². The van der Waals surface area contributed by atoms with Crippen molar-refractivity contribution in [3.8, 4) is 0 Å². The van der Waals surface area contributed by atoms with Gasteiger partial charge in [-0.3, -0.25) is 9.97 Å². The van der Waals surface area contributed by atoms with Crippen LogP contribution in [0.2, 0.25) is 0 Å². The minimum absolute atomic E-state index is 0.129. The van der Waals surface area contributed by atoms with E-state index in [2.05, 4.69) is 25.5 Å². The van der Waals surface area contributed by atoms with Gasteiger partial charge in [-0.05, 0) is 6.92 Å². The summed E-state index contributed by atoms with van der Waals surface area (Å²) in [4.78, 5) is 8.28. The van der Waals surface area contributed by atoms with E-state index in [0.717, 1.165) is 22.7 Å². The zero-order valence-corrected chi connectivity index (χ0v) is 11.9. The van der Waals surface area contributed by atoms with Gasteiger partial charge >= 0.3 is 5.51 Å². The van der Waals surface area contributed by atoms with Gasteiger partial charge in [0.15, 0.2) is 4.34 Å². The summed E-state index contributed by atoms with van der Waals surface area (Å²) >= 11 is 0.609. The van der Waals surface area contributed by atoms with Gasteiger partial charge in [0, 0.05) is 37.1 Å². The number of hydrogen-bond donors (Lipinski definition) is 1. The van der Waals surface area contributed by atoms with Crippen molar-refractivity contribution in [2.75, 3.05) is 11.9 Å². The highest BCUT2D eigenvalue weighted by molar-refractivity contribution is 8.01. The molecule has 0 aliphatic rings. The van der Waals surface area contributed by atoms with Crippen molar-refractivity contribution >= 4 is 28.2 Å². The summed E-state index contributed by atoms with van der Waals surface area (Å²) in [6.07, 6.45) is 3.82. The van der Waals surface area contributed by atoms with Crippen LogP contribution in [0.3, 0.4) is 0 Å². The van der Waals surface area contributed by atoms with Gasteiger partial charge in [-0.1, -0.05) is 11.3 Å². The van der Waals surface area contributed by atoms with Crippen LogP contribution in [0, 0.1) is 6.92 Å². The normalized spacial score (nSPS) is 11.6. The highest BCUT2D eigenvalue weighted by Gasteiger charge is 2.31. The topological polar surface area (TPSA) is 63.6 Å². The SMILES string of the molecule is Cc1nccnc1CCNc1nnc(SC(F)(F)F)s1. The lowest BCUT2D eigenvalue weighted by molar-refractivity contribution is -0.0328. The molecular formula is C10H10F3N5S2. The maximum atomic E-state index is 12.1. The molecule has 0 fully saturated rings. The smallest absolute Gasteiger partial charge is 0.360 e. The number of hydrogen-bond acceptors (Lipinski definition) is 7. The van der Waals surface area contributed by atoms with E-state index >= 15 is 0 Å². The van der Waals surface area contributed by atoms with Gasteiger partial charge in [-0.15, -0.1) is 10.2 Å². The van der Waals surface area contributed by atoms with E-state index in [1.54, 1.807) is 12.4 Å². The van der Waals surface area contributed by atoms with Gasteiger partial charge in [0.1, 0.15) is 0 Å². The molecule has 0 amide bonds. The molecule has 0 aliphatic heterocycles. The number of rotatable bonds is 5. The van der Waals surface area contributed by atoms with Gasteiger partial charge in [-0.2, -0.15) is 13.2 Å². The number of nitrogens with zero attached hydrogens (tertiary/aromatic N) is 4. The summed E-state index contributed by atoms with van der Waals surface area (Å²) in [5, 5.41) is 10.4. The molecule has 0 bridgehead atoms. The van der Waals surface area contributed by atoms with Gasteiger partial charge in [-0.25, -0.2) is 0 Å². The number of nitrogens with one attached hydrogen (secondary N) is 1. The Morgan fingerprint density at radius 2 is 2.00 bits per heavy atom. The van der Waals surface area contributed by atoms with Crippen LogP contribution in [0.1, 0.15) is 11.4 Å². The van der Waals surface area contributed by atoms with Gasteiger partial charge in [0.25, 0.3) is 0 Å². The summed E-state index contributed by atoms with van der Waals surface area (Å²) in [6, 6.07) is 0. The Labute approximate surface area is 121 Å². The maximum absolute atomic E-state index is 12.1. The third-order valence-electron chi connectivity index (χ3n) is 2.23. The number of aromatic nitrogens is 4. The molecule has 0 radical (unpaired) electrons. The first-order valence-corrected chi connectivity index (χ1v) is 7.17. The fraction of sp³-hybridized carbons (Fsp3) is 0.400. The Hall–Kier alpha value is -1.42. The first-order chi connectivity index (χ1) is 9.44. The molecular weight excluding hydrogens is 311 g/mol. The van der Waals surface area contributed by atoms with E-state index in [4.69, 9.17) is 0 Å². The van der Waals surface area contributed by atoms with Crippen LogP contribution >= 0.6 is 23.1 Å². The first-order valence-electron chi connectivity index (χ1n) is 5.53. The van der Waals surface area contributed by atoms with E-state index in [1.165, 1.54) is 0 Å². The molecule has 20 heavy (non-hydrogen) atoms. The molecule has 0 saturated carbocycles. The summed E-state index contributed by atoms with van der Waals surface area (Å²) in [6.45, 7) is 2.36. The number of alkyl halides is 3. The maximum Gasteiger partial charge on any atom is 0.448 e. The minimum Gasteiger partial charge on any atom is -0.360 e. The molecule has 0 spiro atoms. The monoisotopic (exact) mass is 321 g/mol. The van der Waals surface area contributed by atoms with Crippen molar-refractivity contribution in [2.45, 2.75) is 23.2 Å². The van der Waals surface area contributed by atoms with Crippen LogP contribution < -0.4 is 5.32 Å². The van der Waals surface area contributed by atoms with E-state index in [-0.39, 0.29) is 16.1 Å². The fourth-order valence-corrected chi connectivity index (χ4v) is 2.86. The van der Waals surface area contributed by atoms with Crippen LogP contribution in [-0.2, 0) is 6.42 Å². The Balaban J connectivity index is 1.84. The van der Waals surface area contributed by atoms with Crippen molar-refractivity contribution in [1.29, 1.82) is 0 Å². The quantitative estimate of drug-likeness (QED) is 0.854. The lowest BCUT2D eigenvalue weighted by Gasteiger charge is -2.03. The fourth-order valence-electron chi connectivity index (χ4n) is 1.39. The predicted molar refractivity (Wildman–Crippen MR) is 70.8 cm³/mol. The molecule has 0 aromatic carbocycles. The average molecular weight is 321 g/mol. The zero-order valence-electron chi connectivity index (χ0n) is 10.3. The van der Waals surface area contributed by atoms with Gasteiger partial charge in [0.05, 0.1) is 11.4 Å². The van der Waals surface area contributed by atoms with Gasteiger partial charge < -0.3 is 5.32 Å². The minimum atomic E-state index is -4.34. The van der Waals surface area contributed by atoms with E-state index < -0.39 is 5.51 Å². The molecule has 108 valence electrons. The molecule has 10 heteroatoms. The summed E-state index contributed by atoms with van der Waals surface area (Å²) < 4.78 is 36.3. The second-order valence-electron chi connectivity index (χ2n) is 3.69. The van der Waals surface area contributed by atoms with Crippen molar-refractivity contribution in [1.82, 2.24) is 20.2 Å². The Morgan fingerprint density at radius 1 is 1.25 bits per heavy atom. The van der Waals surface area contributed by atoms with E-state index in [9.17, 15) is 13.2 Å². The summed E-state index contributed by atoms with van der Waals surface area (Å²) in [5.74, 6) is 0.